The molecule has 1 atom stereocenters. The zero-order valence-electron chi connectivity index (χ0n) is 16.4. The predicted molar refractivity (Wildman–Crippen MR) is 108 cm³/mol. The number of amides is 1. The van der Waals surface area contributed by atoms with E-state index in [9.17, 15) is 9.59 Å². The third-order valence-electron chi connectivity index (χ3n) is 4.38. The highest BCUT2D eigenvalue weighted by atomic mass is 32.1. The van der Waals surface area contributed by atoms with E-state index in [2.05, 4.69) is 15.4 Å². The van der Waals surface area contributed by atoms with Gasteiger partial charge in [0, 0.05) is 12.6 Å². The number of hydrogen-bond donors (Lipinski definition) is 1. The van der Waals surface area contributed by atoms with Gasteiger partial charge in [-0.05, 0) is 27.7 Å². The van der Waals surface area contributed by atoms with Crippen LogP contribution in [0.3, 0.4) is 0 Å². The minimum atomic E-state index is -0.961. The minimum Gasteiger partial charge on any atom is -0.448 e. The van der Waals surface area contributed by atoms with Gasteiger partial charge in [-0.25, -0.2) is 9.78 Å². The van der Waals surface area contributed by atoms with Gasteiger partial charge in [0.2, 0.25) is 0 Å². The molecule has 2 heterocycles. The average molecular weight is 398 g/mol. The zero-order chi connectivity index (χ0) is 20.4. The molecule has 28 heavy (non-hydrogen) atoms. The molecule has 1 amide bonds. The Morgan fingerprint density at radius 1 is 1.18 bits per heavy atom. The molecule has 7 nitrogen and oxygen atoms in total. The van der Waals surface area contributed by atoms with E-state index in [-0.39, 0.29) is 0 Å². The maximum atomic E-state index is 12.7. The van der Waals surface area contributed by atoms with Gasteiger partial charge in [-0.15, -0.1) is 11.3 Å². The Kier molecular flexibility index (Phi) is 5.60. The first kappa shape index (κ1) is 19.8. The second kappa shape index (κ2) is 7.93. The minimum absolute atomic E-state index is 0.386. The van der Waals surface area contributed by atoms with Gasteiger partial charge in [-0.1, -0.05) is 30.3 Å². The zero-order valence-corrected chi connectivity index (χ0v) is 17.3. The van der Waals surface area contributed by atoms with Gasteiger partial charge in [0.05, 0.1) is 27.8 Å². The molecule has 0 aliphatic rings. The second-order valence-corrected chi connectivity index (χ2v) is 7.69. The number of nitrogens with zero attached hydrogens (tertiary/aromatic N) is 3. The lowest BCUT2D eigenvalue weighted by molar-refractivity contribution is -0.123. The van der Waals surface area contributed by atoms with Gasteiger partial charge >= 0.3 is 5.97 Å². The highest BCUT2D eigenvalue weighted by Gasteiger charge is 2.25. The number of carbonyl (C=O) groups is 2. The highest BCUT2D eigenvalue weighted by Crippen LogP contribution is 2.29. The quantitative estimate of drug-likeness (QED) is 0.663. The van der Waals surface area contributed by atoms with Crippen molar-refractivity contribution < 1.29 is 14.3 Å². The summed E-state index contributed by atoms with van der Waals surface area (Å²) < 4.78 is 7.11. The monoisotopic (exact) mass is 398 g/mol. The lowest BCUT2D eigenvalue weighted by atomic mass is 10.1. The molecule has 3 rings (SSSR count). The van der Waals surface area contributed by atoms with Crippen molar-refractivity contribution in [3.63, 3.8) is 0 Å². The normalized spacial score (nSPS) is 11.9. The maximum absolute atomic E-state index is 12.7. The third-order valence-corrected chi connectivity index (χ3v) is 5.33. The standard InChI is InChI=1S/C20H22N4O3S/c1-11-16(12(2)24(5)23-11)22-19(25)13(3)27-20(26)18-17(21-14(4)28-18)15-9-7-6-8-10-15/h6-10,13H,1-5H3,(H,22,25)/t13-/m0/s1. The summed E-state index contributed by atoms with van der Waals surface area (Å²) >= 11 is 1.25. The molecule has 8 heteroatoms. The second-order valence-electron chi connectivity index (χ2n) is 6.48. The number of esters is 1. The van der Waals surface area contributed by atoms with E-state index in [1.807, 2.05) is 51.1 Å². The number of aromatic nitrogens is 3. The third kappa shape index (κ3) is 3.96. The van der Waals surface area contributed by atoms with Crippen molar-refractivity contribution in [2.24, 2.45) is 7.05 Å². The number of rotatable bonds is 5. The summed E-state index contributed by atoms with van der Waals surface area (Å²) in [6, 6.07) is 9.43. The van der Waals surface area contributed by atoms with Crippen molar-refractivity contribution in [3.8, 4) is 11.3 Å². The van der Waals surface area contributed by atoms with Gasteiger partial charge in [-0.2, -0.15) is 5.10 Å². The first-order valence-electron chi connectivity index (χ1n) is 8.82. The van der Waals surface area contributed by atoms with Crippen LogP contribution in [-0.4, -0.2) is 32.7 Å². The van der Waals surface area contributed by atoms with Crippen LogP contribution in [0.1, 0.15) is 33.0 Å². The molecule has 0 radical (unpaired) electrons. The molecule has 0 fully saturated rings. The largest absolute Gasteiger partial charge is 0.448 e. The molecule has 0 unspecified atom stereocenters. The molecule has 0 saturated carbocycles. The highest BCUT2D eigenvalue weighted by molar-refractivity contribution is 7.14. The Morgan fingerprint density at radius 3 is 2.46 bits per heavy atom. The molecule has 0 bridgehead atoms. The number of aryl methyl sites for hydroxylation is 3. The summed E-state index contributed by atoms with van der Waals surface area (Å²) in [5, 5.41) is 7.82. The molecular weight excluding hydrogens is 376 g/mol. The molecular formula is C20H22N4O3S. The maximum Gasteiger partial charge on any atom is 0.351 e. The van der Waals surface area contributed by atoms with E-state index in [0.29, 0.717) is 22.0 Å². The van der Waals surface area contributed by atoms with E-state index in [1.54, 1.807) is 18.7 Å². The number of thiazole rings is 1. The number of nitrogens with one attached hydrogen (secondary N) is 1. The Bertz CT molecular complexity index is 1020. The SMILES string of the molecule is Cc1nc(-c2ccccc2)c(C(=O)O[C@@H](C)C(=O)Nc2c(C)nn(C)c2C)s1. The van der Waals surface area contributed by atoms with Crippen LogP contribution in [0.15, 0.2) is 30.3 Å². The predicted octanol–water partition coefficient (Wildman–Crippen LogP) is 3.65. The molecule has 0 spiro atoms. The number of carbonyl (C=O) groups excluding carboxylic acids is 2. The van der Waals surface area contributed by atoms with Crippen LogP contribution in [0.2, 0.25) is 0 Å². The first-order chi connectivity index (χ1) is 13.3. The van der Waals surface area contributed by atoms with Crippen LogP contribution in [0.4, 0.5) is 5.69 Å². The van der Waals surface area contributed by atoms with Crippen LogP contribution < -0.4 is 5.32 Å². The van der Waals surface area contributed by atoms with Crippen molar-refractivity contribution in [2.75, 3.05) is 5.32 Å². The van der Waals surface area contributed by atoms with E-state index in [4.69, 9.17) is 4.74 Å². The molecule has 146 valence electrons. The topological polar surface area (TPSA) is 86.1 Å². The summed E-state index contributed by atoms with van der Waals surface area (Å²) in [7, 11) is 1.80. The van der Waals surface area contributed by atoms with Gasteiger partial charge in [0.25, 0.3) is 5.91 Å². The van der Waals surface area contributed by atoms with Crippen molar-refractivity contribution in [1.29, 1.82) is 0 Å². The molecule has 2 aromatic heterocycles. The fraction of sp³-hybridized carbons (Fsp3) is 0.300. The van der Waals surface area contributed by atoms with Crippen molar-refractivity contribution in [2.45, 2.75) is 33.8 Å². The first-order valence-corrected chi connectivity index (χ1v) is 9.64. The molecule has 0 saturated heterocycles. The Hall–Kier alpha value is -3.00. The molecule has 0 aliphatic carbocycles. The van der Waals surface area contributed by atoms with Gasteiger partial charge in [0.15, 0.2) is 6.10 Å². The smallest absolute Gasteiger partial charge is 0.351 e. The van der Waals surface area contributed by atoms with Crippen LogP contribution in [0.5, 0.6) is 0 Å². The average Bonchev–Trinajstić information content (AvgIpc) is 3.17. The summed E-state index contributed by atoms with van der Waals surface area (Å²) in [5.41, 5.74) is 3.57. The van der Waals surface area contributed by atoms with Gasteiger partial charge in [-0.3, -0.25) is 9.48 Å². The number of benzene rings is 1. The van der Waals surface area contributed by atoms with Gasteiger partial charge in [0.1, 0.15) is 4.88 Å². The van der Waals surface area contributed by atoms with Crippen LogP contribution in [0.25, 0.3) is 11.3 Å². The van der Waals surface area contributed by atoms with Crippen LogP contribution >= 0.6 is 11.3 Å². The summed E-state index contributed by atoms with van der Waals surface area (Å²) in [6.07, 6.45) is -0.961. The molecule has 1 N–H and O–H groups in total. The van der Waals surface area contributed by atoms with E-state index < -0.39 is 18.0 Å². The summed E-state index contributed by atoms with van der Waals surface area (Å²) in [4.78, 5) is 30.1. The van der Waals surface area contributed by atoms with Crippen molar-refractivity contribution in [3.05, 3.63) is 51.6 Å². The summed E-state index contributed by atoms with van der Waals surface area (Å²) in [6.45, 7) is 7.05. The Balaban J connectivity index is 1.75. The van der Waals surface area contributed by atoms with Crippen LogP contribution in [0, 0.1) is 20.8 Å². The van der Waals surface area contributed by atoms with E-state index in [0.717, 1.165) is 16.3 Å². The fourth-order valence-electron chi connectivity index (χ4n) is 2.80. The number of anilines is 1. The Morgan fingerprint density at radius 2 is 1.86 bits per heavy atom. The van der Waals surface area contributed by atoms with Crippen molar-refractivity contribution in [1.82, 2.24) is 14.8 Å². The number of hydrogen-bond acceptors (Lipinski definition) is 6. The number of ether oxygens (including phenoxy) is 1. The van der Waals surface area contributed by atoms with E-state index >= 15 is 0 Å². The summed E-state index contributed by atoms with van der Waals surface area (Å²) in [5.74, 6) is -0.971. The fourth-order valence-corrected chi connectivity index (χ4v) is 3.63. The molecule has 3 aromatic rings. The van der Waals surface area contributed by atoms with Crippen LogP contribution in [-0.2, 0) is 16.6 Å². The molecule has 0 aliphatic heterocycles. The van der Waals surface area contributed by atoms with Gasteiger partial charge < -0.3 is 10.1 Å². The Labute approximate surface area is 167 Å². The lowest BCUT2D eigenvalue weighted by Crippen LogP contribution is -2.30. The van der Waals surface area contributed by atoms with E-state index in [1.165, 1.54) is 11.3 Å². The lowest BCUT2D eigenvalue weighted by Gasteiger charge is -2.13. The van der Waals surface area contributed by atoms with Crippen molar-refractivity contribution >= 4 is 28.9 Å². The molecule has 1 aromatic carbocycles.